The van der Waals surface area contributed by atoms with Crippen molar-refractivity contribution < 1.29 is 19.1 Å². The van der Waals surface area contributed by atoms with E-state index in [9.17, 15) is 9.59 Å². The van der Waals surface area contributed by atoms with Gasteiger partial charge < -0.3 is 14.3 Å². The van der Waals surface area contributed by atoms with E-state index in [1.807, 2.05) is 6.07 Å². The van der Waals surface area contributed by atoms with Crippen LogP contribution in [0.1, 0.15) is 17.3 Å². The van der Waals surface area contributed by atoms with E-state index in [4.69, 9.17) is 9.47 Å². The molecule has 16 heavy (non-hydrogen) atoms. The van der Waals surface area contributed by atoms with Crippen LogP contribution < -0.4 is 0 Å². The molecule has 0 amide bonds. The Morgan fingerprint density at radius 3 is 2.62 bits per heavy atom. The van der Waals surface area contributed by atoms with Crippen molar-refractivity contribution in [1.29, 1.82) is 0 Å². The number of ether oxygens (including phenoxy) is 2. The van der Waals surface area contributed by atoms with E-state index in [2.05, 4.69) is 0 Å². The highest BCUT2D eigenvalue weighted by Crippen LogP contribution is 2.02. The van der Waals surface area contributed by atoms with Crippen molar-refractivity contribution in [2.75, 3.05) is 13.2 Å². The first kappa shape index (κ1) is 12.4. The zero-order valence-electron chi connectivity index (χ0n) is 9.09. The Bertz CT molecular complexity index is 334. The van der Waals surface area contributed by atoms with E-state index < -0.39 is 12.1 Å². The average Bonchev–Trinajstić information content (AvgIpc) is 2.35. The minimum atomic E-state index is -0.683. The molecule has 0 aliphatic heterocycles. The first-order valence-electron chi connectivity index (χ1n) is 5.07. The normalized spacial score (nSPS) is 11.8. The number of carbonyl (C=O) groups is 2. The predicted molar refractivity (Wildman–Crippen MR) is 58.2 cm³/mol. The molecule has 4 nitrogen and oxygen atoms in total. The lowest BCUT2D eigenvalue weighted by Crippen LogP contribution is -2.23. The molecule has 0 N–H and O–H groups in total. The molecule has 4 heteroatoms. The first-order chi connectivity index (χ1) is 7.77. The third-order valence-electron chi connectivity index (χ3n) is 1.92. The second-order valence-corrected chi connectivity index (χ2v) is 3.09. The van der Waals surface area contributed by atoms with Crippen molar-refractivity contribution >= 4 is 12.3 Å². The molecule has 0 aliphatic carbocycles. The highest BCUT2D eigenvalue weighted by atomic mass is 16.6. The second-order valence-electron chi connectivity index (χ2n) is 3.09. The molecule has 0 spiro atoms. The fraction of sp³-hybridized carbons (Fsp3) is 0.333. The maximum atomic E-state index is 11.5. The van der Waals surface area contributed by atoms with Gasteiger partial charge in [0.25, 0.3) is 0 Å². The summed E-state index contributed by atoms with van der Waals surface area (Å²) in [7, 11) is 0. The quantitative estimate of drug-likeness (QED) is 0.540. The van der Waals surface area contributed by atoms with Crippen molar-refractivity contribution in [2.45, 2.75) is 13.0 Å². The van der Waals surface area contributed by atoms with Crippen LogP contribution in [0, 0.1) is 0 Å². The van der Waals surface area contributed by atoms with Gasteiger partial charge in [-0.25, -0.2) is 4.79 Å². The van der Waals surface area contributed by atoms with Crippen LogP contribution in [-0.4, -0.2) is 31.6 Å². The number of hydrogen-bond acceptors (Lipinski definition) is 4. The predicted octanol–water partition coefficient (Wildman–Crippen LogP) is 1.45. The number of carbonyl (C=O) groups excluding carboxylic acids is 2. The Morgan fingerprint density at radius 2 is 2.06 bits per heavy atom. The van der Waals surface area contributed by atoms with Crippen LogP contribution >= 0.6 is 0 Å². The van der Waals surface area contributed by atoms with Gasteiger partial charge in [-0.15, -0.1) is 0 Å². The van der Waals surface area contributed by atoms with Crippen molar-refractivity contribution in [3.63, 3.8) is 0 Å². The van der Waals surface area contributed by atoms with Gasteiger partial charge in [0.05, 0.1) is 5.56 Å². The van der Waals surface area contributed by atoms with Gasteiger partial charge in [-0.3, -0.25) is 0 Å². The summed E-state index contributed by atoms with van der Waals surface area (Å²) in [6, 6.07) is 8.61. The summed E-state index contributed by atoms with van der Waals surface area (Å²) in [4.78, 5) is 22.0. The molecular formula is C12H14O4. The molecule has 0 radical (unpaired) electrons. The van der Waals surface area contributed by atoms with Gasteiger partial charge in [0.15, 0.2) is 6.29 Å². The highest BCUT2D eigenvalue weighted by molar-refractivity contribution is 5.89. The van der Waals surface area contributed by atoms with Gasteiger partial charge in [0, 0.05) is 6.61 Å². The Kier molecular flexibility index (Phi) is 5.22. The zero-order chi connectivity index (χ0) is 11.8. The summed E-state index contributed by atoms with van der Waals surface area (Å²) < 4.78 is 9.97. The third kappa shape index (κ3) is 3.82. The molecule has 0 bridgehead atoms. The summed E-state index contributed by atoms with van der Waals surface area (Å²) in [6.07, 6.45) is -0.0560. The van der Waals surface area contributed by atoms with E-state index in [1.165, 1.54) is 0 Å². The van der Waals surface area contributed by atoms with Crippen LogP contribution in [0.25, 0.3) is 0 Å². The molecule has 0 fully saturated rings. The first-order valence-corrected chi connectivity index (χ1v) is 5.07. The largest absolute Gasteiger partial charge is 0.459 e. The van der Waals surface area contributed by atoms with Crippen LogP contribution in [0.3, 0.4) is 0 Å². The van der Waals surface area contributed by atoms with E-state index in [1.54, 1.807) is 31.2 Å². The molecule has 1 unspecified atom stereocenters. The minimum Gasteiger partial charge on any atom is -0.459 e. The Labute approximate surface area is 94.2 Å². The number of esters is 1. The van der Waals surface area contributed by atoms with Crippen LogP contribution in [-0.2, 0) is 14.3 Å². The smallest absolute Gasteiger partial charge is 0.338 e. The van der Waals surface area contributed by atoms with E-state index in [0.29, 0.717) is 18.5 Å². The van der Waals surface area contributed by atoms with Gasteiger partial charge in [0.1, 0.15) is 12.7 Å². The third-order valence-corrected chi connectivity index (χ3v) is 1.92. The Morgan fingerprint density at radius 1 is 1.38 bits per heavy atom. The molecule has 0 aromatic heterocycles. The molecule has 86 valence electrons. The minimum absolute atomic E-state index is 0.0505. The van der Waals surface area contributed by atoms with Crippen molar-refractivity contribution in [2.24, 2.45) is 0 Å². The van der Waals surface area contributed by atoms with Crippen molar-refractivity contribution in [1.82, 2.24) is 0 Å². The SMILES string of the molecule is CCOC(C=O)COC(=O)c1ccccc1. The van der Waals surface area contributed by atoms with Gasteiger partial charge in [-0.2, -0.15) is 0 Å². The highest BCUT2D eigenvalue weighted by Gasteiger charge is 2.11. The molecule has 0 aliphatic rings. The summed E-state index contributed by atoms with van der Waals surface area (Å²) in [5.74, 6) is -0.452. The summed E-state index contributed by atoms with van der Waals surface area (Å²) in [6.45, 7) is 2.13. The van der Waals surface area contributed by atoms with Crippen LogP contribution in [0.4, 0.5) is 0 Å². The standard InChI is InChI=1S/C12H14O4/c1-2-15-11(8-13)9-16-12(14)10-6-4-3-5-7-10/h3-8,11H,2,9H2,1H3. The number of hydrogen-bond donors (Lipinski definition) is 0. The van der Waals surface area contributed by atoms with Crippen molar-refractivity contribution in [3.8, 4) is 0 Å². The van der Waals surface area contributed by atoms with Gasteiger partial charge in [0.2, 0.25) is 0 Å². The van der Waals surface area contributed by atoms with Gasteiger partial charge in [-0.1, -0.05) is 18.2 Å². The molecular weight excluding hydrogens is 208 g/mol. The maximum Gasteiger partial charge on any atom is 0.338 e. The fourth-order valence-electron chi connectivity index (χ4n) is 1.16. The lowest BCUT2D eigenvalue weighted by molar-refractivity contribution is -0.120. The van der Waals surface area contributed by atoms with Crippen molar-refractivity contribution in [3.05, 3.63) is 35.9 Å². The summed E-state index contributed by atoms with van der Waals surface area (Å²) in [5, 5.41) is 0. The average molecular weight is 222 g/mol. The zero-order valence-corrected chi connectivity index (χ0v) is 9.09. The molecule has 0 heterocycles. The monoisotopic (exact) mass is 222 g/mol. The number of rotatable bonds is 6. The van der Waals surface area contributed by atoms with Crippen LogP contribution in [0.15, 0.2) is 30.3 Å². The van der Waals surface area contributed by atoms with E-state index in [-0.39, 0.29) is 6.61 Å². The van der Waals surface area contributed by atoms with Gasteiger partial charge >= 0.3 is 5.97 Å². The van der Waals surface area contributed by atoms with Crippen LogP contribution in [0.5, 0.6) is 0 Å². The fourth-order valence-corrected chi connectivity index (χ4v) is 1.16. The number of benzene rings is 1. The Balaban J connectivity index is 2.43. The summed E-state index contributed by atoms with van der Waals surface area (Å²) >= 11 is 0. The molecule has 1 aromatic carbocycles. The second kappa shape index (κ2) is 6.74. The van der Waals surface area contributed by atoms with E-state index in [0.717, 1.165) is 0 Å². The van der Waals surface area contributed by atoms with E-state index >= 15 is 0 Å². The maximum absolute atomic E-state index is 11.5. The molecule has 0 saturated carbocycles. The molecule has 1 atom stereocenters. The Hall–Kier alpha value is -1.68. The summed E-state index contributed by atoms with van der Waals surface area (Å²) in [5.41, 5.74) is 0.462. The lowest BCUT2D eigenvalue weighted by Gasteiger charge is -2.10. The molecule has 0 saturated heterocycles. The molecule has 1 aromatic rings. The number of aldehydes is 1. The molecule has 1 rings (SSSR count). The van der Waals surface area contributed by atoms with Gasteiger partial charge in [-0.05, 0) is 19.1 Å². The topological polar surface area (TPSA) is 52.6 Å². The lowest BCUT2D eigenvalue weighted by atomic mass is 10.2. The van der Waals surface area contributed by atoms with Crippen LogP contribution in [0.2, 0.25) is 0 Å².